The molecule has 1 fully saturated rings. The molecule has 1 saturated carbocycles. The van der Waals surface area contributed by atoms with Crippen molar-refractivity contribution in [3.63, 3.8) is 0 Å². The number of hydrogen-bond acceptors (Lipinski definition) is 3. The Balaban J connectivity index is 1.32. The smallest absolute Gasteiger partial charge is 0.303 e. The summed E-state index contributed by atoms with van der Waals surface area (Å²) < 4.78 is 0. The number of aryl methyl sites for hydroxylation is 1. The highest BCUT2D eigenvalue weighted by atomic mass is 16.4. The Morgan fingerprint density at radius 2 is 1.65 bits per heavy atom. The SMILES string of the molecule is CCc1ccccc1NC(=O)c1ccnc2cc(-c3ccc([C@H]4CC[C@H](CC(=O)O)CC4)cc3)ccc12. The summed E-state index contributed by atoms with van der Waals surface area (Å²) >= 11 is 0. The van der Waals surface area contributed by atoms with Crippen molar-refractivity contribution < 1.29 is 14.7 Å². The zero-order chi connectivity index (χ0) is 25.8. The highest BCUT2D eigenvalue weighted by Crippen LogP contribution is 2.38. The first-order valence-corrected chi connectivity index (χ1v) is 13.1. The zero-order valence-corrected chi connectivity index (χ0v) is 21.1. The minimum absolute atomic E-state index is 0.136. The van der Waals surface area contributed by atoms with E-state index in [4.69, 9.17) is 5.11 Å². The van der Waals surface area contributed by atoms with Gasteiger partial charge in [-0.15, -0.1) is 0 Å². The van der Waals surface area contributed by atoms with Crippen LogP contribution in [0.2, 0.25) is 0 Å². The number of nitrogens with one attached hydrogen (secondary N) is 1. The number of carbonyl (C=O) groups excluding carboxylic acids is 1. The number of carboxylic acids is 1. The third kappa shape index (κ3) is 5.56. The van der Waals surface area contributed by atoms with Gasteiger partial charge in [0, 0.05) is 23.7 Å². The van der Waals surface area contributed by atoms with Crippen LogP contribution in [0.25, 0.3) is 22.0 Å². The molecule has 1 aromatic heterocycles. The monoisotopic (exact) mass is 492 g/mol. The van der Waals surface area contributed by atoms with Crippen LogP contribution in [0.15, 0.2) is 79.0 Å². The molecule has 0 bridgehead atoms. The Kier molecular flexibility index (Phi) is 7.31. The number of nitrogens with zero attached hydrogens (tertiary/aromatic N) is 1. The predicted octanol–water partition coefficient (Wildman–Crippen LogP) is 7.47. The van der Waals surface area contributed by atoms with E-state index in [1.165, 1.54) is 5.56 Å². The summed E-state index contributed by atoms with van der Waals surface area (Å²) in [4.78, 5) is 28.7. The topological polar surface area (TPSA) is 79.3 Å². The normalized spacial score (nSPS) is 17.4. The van der Waals surface area contributed by atoms with Gasteiger partial charge in [0.05, 0.1) is 11.1 Å². The lowest BCUT2D eigenvalue weighted by Crippen LogP contribution is -2.16. The molecule has 5 heteroatoms. The Labute approximate surface area is 217 Å². The maximum absolute atomic E-state index is 13.1. The first kappa shape index (κ1) is 24.7. The summed E-state index contributed by atoms with van der Waals surface area (Å²) in [5.41, 5.74) is 6.83. The Hall–Kier alpha value is -3.99. The zero-order valence-electron chi connectivity index (χ0n) is 21.1. The highest BCUT2D eigenvalue weighted by molar-refractivity contribution is 6.12. The second-order valence-electron chi connectivity index (χ2n) is 9.99. The number of pyridine rings is 1. The fourth-order valence-electron chi connectivity index (χ4n) is 5.56. The van der Waals surface area contributed by atoms with Crippen molar-refractivity contribution in [1.82, 2.24) is 4.98 Å². The molecule has 0 unspecified atom stereocenters. The first-order chi connectivity index (χ1) is 18.0. The average Bonchev–Trinajstić information content (AvgIpc) is 2.93. The molecule has 188 valence electrons. The van der Waals surface area contributed by atoms with Crippen LogP contribution in [0, 0.1) is 5.92 Å². The minimum atomic E-state index is -0.688. The largest absolute Gasteiger partial charge is 0.481 e. The molecule has 3 aromatic carbocycles. The van der Waals surface area contributed by atoms with Gasteiger partial charge in [0.1, 0.15) is 0 Å². The number of para-hydroxylation sites is 1. The van der Waals surface area contributed by atoms with E-state index >= 15 is 0 Å². The molecular weight excluding hydrogens is 460 g/mol. The molecule has 0 radical (unpaired) electrons. The van der Waals surface area contributed by atoms with Crippen LogP contribution in [0.5, 0.6) is 0 Å². The summed E-state index contributed by atoms with van der Waals surface area (Å²) in [7, 11) is 0. The van der Waals surface area contributed by atoms with Gasteiger partial charge >= 0.3 is 5.97 Å². The molecule has 0 atom stereocenters. The van der Waals surface area contributed by atoms with E-state index in [9.17, 15) is 9.59 Å². The molecule has 1 aliphatic carbocycles. The molecule has 37 heavy (non-hydrogen) atoms. The van der Waals surface area contributed by atoms with Crippen LogP contribution in [-0.2, 0) is 11.2 Å². The fraction of sp³-hybridized carbons (Fsp3) is 0.281. The molecule has 1 heterocycles. The van der Waals surface area contributed by atoms with Crippen molar-refractivity contribution in [3.8, 4) is 11.1 Å². The number of fused-ring (bicyclic) bond motifs is 1. The summed E-state index contributed by atoms with van der Waals surface area (Å²) in [5, 5.41) is 12.9. The van der Waals surface area contributed by atoms with Crippen molar-refractivity contribution in [1.29, 1.82) is 0 Å². The molecule has 0 saturated heterocycles. The van der Waals surface area contributed by atoms with E-state index in [2.05, 4.69) is 41.5 Å². The molecular formula is C32H32N2O3. The Morgan fingerprint density at radius 1 is 0.919 bits per heavy atom. The van der Waals surface area contributed by atoms with Gasteiger partial charge in [-0.25, -0.2) is 0 Å². The maximum atomic E-state index is 13.1. The minimum Gasteiger partial charge on any atom is -0.481 e. The van der Waals surface area contributed by atoms with E-state index < -0.39 is 5.97 Å². The van der Waals surface area contributed by atoms with Gasteiger partial charge in [0.15, 0.2) is 0 Å². The van der Waals surface area contributed by atoms with Crippen LogP contribution < -0.4 is 5.32 Å². The van der Waals surface area contributed by atoms with Gasteiger partial charge in [-0.05, 0) is 84.4 Å². The Bertz CT molecular complexity index is 1420. The van der Waals surface area contributed by atoms with Gasteiger partial charge in [0.25, 0.3) is 5.91 Å². The van der Waals surface area contributed by atoms with Crippen LogP contribution >= 0.6 is 0 Å². The van der Waals surface area contributed by atoms with E-state index in [0.717, 1.165) is 65.4 Å². The van der Waals surface area contributed by atoms with Gasteiger partial charge in [-0.3, -0.25) is 14.6 Å². The van der Waals surface area contributed by atoms with Crippen molar-refractivity contribution in [2.24, 2.45) is 5.92 Å². The molecule has 2 N–H and O–H groups in total. The number of amides is 1. The summed E-state index contributed by atoms with van der Waals surface area (Å²) in [6.45, 7) is 2.08. The lowest BCUT2D eigenvalue weighted by atomic mass is 9.77. The van der Waals surface area contributed by atoms with Crippen LogP contribution in [0.4, 0.5) is 5.69 Å². The van der Waals surface area contributed by atoms with Crippen molar-refractivity contribution >= 4 is 28.5 Å². The fourth-order valence-corrected chi connectivity index (χ4v) is 5.56. The summed E-state index contributed by atoms with van der Waals surface area (Å²) in [5.74, 6) is -0.0153. The molecule has 5 nitrogen and oxygen atoms in total. The average molecular weight is 493 g/mol. The van der Waals surface area contributed by atoms with Gasteiger partial charge in [0.2, 0.25) is 0 Å². The van der Waals surface area contributed by atoms with Crippen molar-refractivity contribution in [2.75, 3.05) is 5.32 Å². The lowest BCUT2D eigenvalue weighted by molar-refractivity contribution is -0.138. The highest BCUT2D eigenvalue weighted by Gasteiger charge is 2.24. The van der Waals surface area contributed by atoms with Crippen LogP contribution in [0.1, 0.15) is 66.4 Å². The number of carboxylic acid groups (broad SMARTS) is 1. The number of hydrogen-bond donors (Lipinski definition) is 2. The van der Waals surface area contributed by atoms with E-state index in [0.29, 0.717) is 17.4 Å². The summed E-state index contributed by atoms with van der Waals surface area (Å²) in [6, 6.07) is 24.4. The number of aromatic nitrogens is 1. The number of rotatable bonds is 7. The van der Waals surface area contributed by atoms with Crippen molar-refractivity contribution in [3.05, 3.63) is 95.7 Å². The summed E-state index contributed by atoms with van der Waals surface area (Å²) in [6.07, 6.45) is 6.88. The van der Waals surface area contributed by atoms with Gasteiger partial charge in [-0.2, -0.15) is 0 Å². The van der Waals surface area contributed by atoms with E-state index in [1.54, 1.807) is 12.3 Å². The number of benzene rings is 3. The van der Waals surface area contributed by atoms with Crippen molar-refractivity contribution in [2.45, 2.75) is 51.4 Å². The molecule has 0 spiro atoms. The first-order valence-electron chi connectivity index (χ1n) is 13.1. The third-order valence-electron chi connectivity index (χ3n) is 7.66. The molecule has 4 aromatic rings. The third-order valence-corrected chi connectivity index (χ3v) is 7.66. The second kappa shape index (κ2) is 11.0. The number of anilines is 1. The van der Waals surface area contributed by atoms with Gasteiger partial charge < -0.3 is 10.4 Å². The molecule has 0 aliphatic heterocycles. The Morgan fingerprint density at radius 3 is 2.38 bits per heavy atom. The number of aliphatic carboxylic acids is 1. The van der Waals surface area contributed by atoms with E-state index in [1.807, 2.05) is 42.5 Å². The predicted molar refractivity (Wildman–Crippen MR) is 148 cm³/mol. The quantitative estimate of drug-likeness (QED) is 0.280. The second-order valence-corrected chi connectivity index (χ2v) is 9.99. The van der Waals surface area contributed by atoms with Crippen LogP contribution in [-0.4, -0.2) is 22.0 Å². The number of carbonyl (C=O) groups is 2. The lowest BCUT2D eigenvalue weighted by Gasteiger charge is -2.28. The maximum Gasteiger partial charge on any atom is 0.303 e. The van der Waals surface area contributed by atoms with Gasteiger partial charge in [-0.1, -0.05) is 61.5 Å². The molecule has 5 rings (SSSR count). The molecule has 1 amide bonds. The van der Waals surface area contributed by atoms with Crippen LogP contribution in [0.3, 0.4) is 0 Å². The standard InChI is InChI=1S/C32H32N2O3/c1-2-22-5-3-4-6-29(22)34-32(37)28-17-18-33-30-20-26(15-16-27(28)30)25-13-11-24(12-14-25)23-9-7-21(8-10-23)19-31(35)36/h3-6,11-18,20-21,23H,2,7-10,19H2,1H3,(H,34,37)(H,35,36)/t21-,23-. The van der Waals surface area contributed by atoms with E-state index in [-0.39, 0.29) is 12.3 Å². The molecule has 1 aliphatic rings.